The van der Waals surface area contributed by atoms with Gasteiger partial charge in [0.05, 0.1) is 5.69 Å². The Morgan fingerprint density at radius 2 is 1.57 bits per heavy atom. The molecule has 1 aromatic heterocycles. The third-order valence-electron chi connectivity index (χ3n) is 6.12. The predicted molar refractivity (Wildman–Crippen MR) is 124 cm³/mol. The first kappa shape index (κ1) is 22.3. The third kappa shape index (κ3) is 5.83. The quantitative estimate of drug-likeness (QED) is 0.539. The first-order chi connectivity index (χ1) is 14.5. The maximum Gasteiger partial charge on any atom is 0.191 e. The molecular formula is C23H37N7. The van der Waals surface area contributed by atoms with Crippen LogP contribution in [0.4, 0.5) is 0 Å². The Morgan fingerprint density at radius 1 is 0.967 bits per heavy atom. The van der Waals surface area contributed by atoms with Gasteiger partial charge in [-0.05, 0) is 31.5 Å². The van der Waals surface area contributed by atoms with Crippen LogP contribution in [-0.4, -0.2) is 65.3 Å². The normalized spacial score (nSPS) is 16.1. The minimum Gasteiger partial charge on any atom is -0.352 e. The Labute approximate surface area is 181 Å². The molecule has 0 amide bonds. The van der Waals surface area contributed by atoms with Crippen molar-refractivity contribution in [2.45, 2.75) is 40.4 Å². The van der Waals surface area contributed by atoms with Crippen LogP contribution in [0.2, 0.25) is 0 Å². The highest BCUT2D eigenvalue weighted by Gasteiger charge is 2.15. The zero-order valence-electron chi connectivity index (χ0n) is 19.2. The number of hydrogen-bond donors (Lipinski definition) is 2. The van der Waals surface area contributed by atoms with Gasteiger partial charge in [0.25, 0.3) is 0 Å². The highest BCUT2D eigenvalue weighted by Crippen LogP contribution is 2.12. The summed E-state index contributed by atoms with van der Waals surface area (Å²) in [7, 11) is 3.79. The average Bonchev–Trinajstić information content (AvgIpc) is 3.01. The molecule has 0 spiro atoms. The molecule has 0 bridgehead atoms. The molecule has 30 heavy (non-hydrogen) atoms. The standard InChI is InChI=1S/C23H37N7/c1-6-29-11-13-30(14-12-29)17-21-9-7-20(8-10-21)15-25-23(24-4)26-16-22-18(2)27-28(5)19(22)3/h7-10H,6,11-17H2,1-5H3,(H2,24,25,26). The second-order valence-electron chi connectivity index (χ2n) is 8.08. The van der Waals surface area contributed by atoms with Gasteiger partial charge in [0.15, 0.2) is 5.96 Å². The molecule has 0 radical (unpaired) electrons. The fourth-order valence-corrected chi connectivity index (χ4v) is 3.94. The maximum atomic E-state index is 4.48. The van der Waals surface area contributed by atoms with Crippen molar-refractivity contribution < 1.29 is 0 Å². The summed E-state index contributed by atoms with van der Waals surface area (Å²) in [5, 5.41) is 11.3. The first-order valence-electron chi connectivity index (χ1n) is 11.0. The van der Waals surface area contributed by atoms with Gasteiger partial charge < -0.3 is 15.5 Å². The number of piperazine rings is 1. The summed E-state index contributed by atoms with van der Waals surface area (Å²) in [6.07, 6.45) is 0. The van der Waals surface area contributed by atoms with Crippen LogP contribution in [0.1, 0.15) is 35.0 Å². The topological polar surface area (TPSA) is 60.7 Å². The number of hydrogen-bond acceptors (Lipinski definition) is 4. The zero-order chi connectivity index (χ0) is 21.5. The van der Waals surface area contributed by atoms with E-state index in [0.717, 1.165) is 50.9 Å². The van der Waals surface area contributed by atoms with Gasteiger partial charge in [0, 0.05) is 71.2 Å². The minimum absolute atomic E-state index is 0.718. The summed E-state index contributed by atoms with van der Waals surface area (Å²) in [5.41, 5.74) is 6.11. The van der Waals surface area contributed by atoms with Crippen LogP contribution in [0.15, 0.2) is 29.3 Å². The lowest BCUT2D eigenvalue weighted by Crippen LogP contribution is -2.45. The van der Waals surface area contributed by atoms with Crippen molar-refractivity contribution in [3.05, 3.63) is 52.3 Å². The molecule has 7 nitrogen and oxygen atoms in total. The summed E-state index contributed by atoms with van der Waals surface area (Å²) >= 11 is 0. The van der Waals surface area contributed by atoms with Crippen LogP contribution < -0.4 is 10.6 Å². The third-order valence-corrected chi connectivity index (χ3v) is 6.12. The molecule has 1 saturated heterocycles. The van der Waals surface area contributed by atoms with Crippen molar-refractivity contribution >= 4 is 5.96 Å². The lowest BCUT2D eigenvalue weighted by molar-refractivity contribution is 0.132. The Bertz CT molecular complexity index is 830. The van der Waals surface area contributed by atoms with Crippen molar-refractivity contribution in [1.82, 2.24) is 30.2 Å². The fraction of sp³-hybridized carbons (Fsp3) is 0.565. The number of aromatic nitrogens is 2. The fourth-order valence-electron chi connectivity index (χ4n) is 3.94. The average molecular weight is 412 g/mol. The Hall–Kier alpha value is -2.38. The number of aryl methyl sites for hydroxylation is 2. The number of benzene rings is 1. The zero-order valence-corrected chi connectivity index (χ0v) is 19.2. The lowest BCUT2D eigenvalue weighted by Gasteiger charge is -2.34. The predicted octanol–water partition coefficient (Wildman–Crippen LogP) is 2.04. The van der Waals surface area contributed by atoms with Crippen LogP contribution in [0.5, 0.6) is 0 Å². The number of guanidine groups is 1. The highest BCUT2D eigenvalue weighted by atomic mass is 15.3. The molecular weight excluding hydrogens is 374 g/mol. The van der Waals surface area contributed by atoms with E-state index in [9.17, 15) is 0 Å². The van der Waals surface area contributed by atoms with Crippen molar-refractivity contribution in [1.29, 1.82) is 0 Å². The smallest absolute Gasteiger partial charge is 0.191 e. The number of nitrogens with zero attached hydrogens (tertiary/aromatic N) is 5. The van der Waals surface area contributed by atoms with Crippen molar-refractivity contribution in [3.63, 3.8) is 0 Å². The molecule has 1 aromatic carbocycles. The number of rotatable bonds is 7. The van der Waals surface area contributed by atoms with Crippen LogP contribution in [0, 0.1) is 13.8 Å². The van der Waals surface area contributed by atoms with E-state index in [1.807, 2.05) is 18.7 Å². The van der Waals surface area contributed by atoms with E-state index in [0.29, 0.717) is 0 Å². The van der Waals surface area contributed by atoms with E-state index in [1.165, 1.54) is 35.5 Å². The molecule has 2 heterocycles. The van der Waals surface area contributed by atoms with Gasteiger partial charge in [-0.3, -0.25) is 14.6 Å². The monoisotopic (exact) mass is 411 g/mol. The van der Waals surface area contributed by atoms with Gasteiger partial charge in [0.1, 0.15) is 0 Å². The summed E-state index contributed by atoms with van der Waals surface area (Å²) in [4.78, 5) is 9.42. The van der Waals surface area contributed by atoms with E-state index in [1.54, 1.807) is 7.05 Å². The molecule has 0 saturated carbocycles. The Kier molecular flexibility index (Phi) is 7.87. The van der Waals surface area contributed by atoms with Gasteiger partial charge in [0.2, 0.25) is 0 Å². The van der Waals surface area contributed by atoms with E-state index in [2.05, 4.69) is 68.6 Å². The van der Waals surface area contributed by atoms with Crippen molar-refractivity contribution in [3.8, 4) is 0 Å². The van der Waals surface area contributed by atoms with Crippen LogP contribution >= 0.6 is 0 Å². The Morgan fingerprint density at radius 3 is 2.13 bits per heavy atom. The van der Waals surface area contributed by atoms with Crippen LogP contribution in [0.3, 0.4) is 0 Å². The molecule has 2 N–H and O–H groups in total. The van der Waals surface area contributed by atoms with Gasteiger partial charge in [-0.1, -0.05) is 31.2 Å². The largest absolute Gasteiger partial charge is 0.352 e. The van der Waals surface area contributed by atoms with Crippen LogP contribution in [0.25, 0.3) is 0 Å². The van der Waals surface area contributed by atoms with Crippen molar-refractivity contribution in [2.24, 2.45) is 12.0 Å². The second kappa shape index (κ2) is 10.6. The number of likely N-dealkylation sites (N-methyl/N-ethyl adjacent to an activating group) is 1. The molecule has 2 aromatic rings. The number of aliphatic imine (C=N–C) groups is 1. The Balaban J connectivity index is 1.45. The van der Waals surface area contributed by atoms with E-state index < -0.39 is 0 Å². The van der Waals surface area contributed by atoms with Crippen LogP contribution in [-0.2, 0) is 26.7 Å². The maximum absolute atomic E-state index is 4.48. The van der Waals surface area contributed by atoms with Gasteiger partial charge >= 0.3 is 0 Å². The first-order valence-corrected chi connectivity index (χ1v) is 11.0. The molecule has 1 aliphatic heterocycles. The second-order valence-corrected chi connectivity index (χ2v) is 8.08. The lowest BCUT2D eigenvalue weighted by atomic mass is 10.1. The summed E-state index contributed by atoms with van der Waals surface area (Å²) in [6.45, 7) is 14.7. The molecule has 0 aliphatic carbocycles. The number of nitrogens with one attached hydrogen (secondary N) is 2. The molecule has 3 rings (SSSR count). The summed E-state index contributed by atoms with van der Waals surface area (Å²) in [6, 6.07) is 8.93. The van der Waals surface area contributed by atoms with E-state index >= 15 is 0 Å². The molecule has 1 fully saturated rings. The molecule has 7 heteroatoms. The molecule has 0 unspecified atom stereocenters. The van der Waals surface area contributed by atoms with E-state index in [-0.39, 0.29) is 0 Å². The summed E-state index contributed by atoms with van der Waals surface area (Å²) in [5.74, 6) is 0.801. The molecule has 0 atom stereocenters. The SMILES string of the molecule is CCN1CCN(Cc2ccc(CNC(=NC)NCc3c(C)nn(C)c3C)cc2)CC1. The van der Waals surface area contributed by atoms with Gasteiger partial charge in [-0.15, -0.1) is 0 Å². The molecule has 164 valence electrons. The van der Waals surface area contributed by atoms with Gasteiger partial charge in [-0.25, -0.2) is 0 Å². The minimum atomic E-state index is 0.718. The summed E-state index contributed by atoms with van der Waals surface area (Å²) < 4.78 is 1.92. The molecule has 1 aliphatic rings. The van der Waals surface area contributed by atoms with E-state index in [4.69, 9.17) is 0 Å². The van der Waals surface area contributed by atoms with Gasteiger partial charge in [-0.2, -0.15) is 5.10 Å². The van der Waals surface area contributed by atoms with Crippen molar-refractivity contribution in [2.75, 3.05) is 39.8 Å². The highest BCUT2D eigenvalue weighted by molar-refractivity contribution is 5.79.